The SMILES string of the molecule is CCCNC(C)c1nnc(NC2CCN(C)C2=O)o1. The molecule has 1 saturated heterocycles. The van der Waals surface area contributed by atoms with Crippen LogP contribution in [0.25, 0.3) is 0 Å². The molecular formula is C12H21N5O2. The molecule has 1 aromatic heterocycles. The maximum Gasteiger partial charge on any atom is 0.316 e. The summed E-state index contributed by atoms with van der Waals surface area (Å²) in [4.78, 5) is 13.4. The number of rotatable bonds is 6. The van der Waals surface area contributed by atoms with Crippen LogP contribution < -0.4 is 10.6 Å². The molecule has 0 spiro atoms. The molecule has 2 unspecified atom stereocenters. The maximum absolute atomic E-state index is 11.8. The van der Waals surface area contributed by atoms with Crippen LogP contribution in [0.2, 0.25) is 0 Å². The van der Waals surface area contributed by atoms with Crippen molar-refractivity contribution in [2.45, 2.75) is 38.8 Å². The van der Waals surface area contributed by atoms with Crippen molar-refractivity contribution in [2.24, 2.45) is 0 Å². The fourth-order valence-corrected chi connectivity index (χ4v) is 2.02. The average Bonchev–Trinajstić information content (AvgIpc) is 2.98. The molecule has 7 heteroatoms. The Morgan fingerprint density at radius 1 is 1.53 bits per heavy atom. The van der Waals surface area contributed by atoms with Gasteiger partial charge in [0.2, 0.25) is 11.8 Å². The van der Waals surface area contributed by atoms with Crippen LogP contribution in [0.15, 0.2) is 4.42 Å². The summed E-state index contributed by atoms with van der Waals surface area (Å²) in [5, 5.41) is 14.2. The Bertz CT molecular complexity index is 434. The van der Waals surface area contributed by atoms with Gasteiger partial charge in [0.05, 0.1) is 6.04 Å². The lowest BCUT2D eigenvalue weighted by atomic mass is 10.2. The minimum absolute atomic E-state index is 0.0185. The number of hydrogen-bond acceptors (Lipinski definition) is 6. The zero-order valence-corrected chi connectivity index (χ0v) is 11.6. The third-order valence-corrected chi connectivity index (χ3v) is 3.24. The van der Waals surface area contributed by atoms with E-state index in [1.54, 1.807) is 11.9 Å². The van der Waals surface area contributed by atoms with Gasteiger partial charge < -0.3 is 20.0 Å². The first kappa shape index (κ1) is 13.8. The number of hydrogen-bond donors (Lipinski definition) is 2. The summed E-state index contributed by atoms with van der Waals surface area (Å²) in [7, 11) is 1.79. The summed E-state index contributed by atoms with van der Waals surface area (Å²) < 4.78 is 5.52. The quantitative estimate of drug-likeness (QED) is 0.792. The lowest BCUT2D eigenvalue weighted by Crippen LogP contribution is -2.31. The van der Waals surface area contributed by atoms with Crippen molar-refractivity contribution < 1.29 is 9.21 Å². The summed E-state index contributed by atoms with van der Waals surface area (Å²) in [5.74, 6) is 0.603. The van der Waals surface area contributed by atoms with E-state index in [1.807, 2.05) is 6.92 Å². The van der Waals surface area contributed by atoms with Crippen LogP contribution in [0.5, 0.6) is 0 Å². The van der Waals surface area contributed by atoms with E-state index in [0.717, 1.165) is 25.9 Å². The number of nitrogens with one attached hydrogen (secondary N) is 2. The number of likely N-dealkylation sites (tertiary alicyclic amines) is 1. The maximum atomic E-state index is 11.8. The summed E-state index contributed by atoms with van der Waals surface area (Å²) in [6.07, 6.45) is 1.81. The largest absolute Gasteiger partial charge is 0.406 e. The van der Waals surface area contributed by atoms with Crippen molar-refractivity contribution >= 4 is 11.9 Å². The first-order valence-electron chi connectivity index (χ1n) is 6.70. The van der Waals surface area contributed by atoms with Crippen molar-refractivity contribution in [3.8, 4) is 0 Å². The number of aromatic nitrogens is 2. The van der Waals surface area contributed by atoms with Crippen molar-refractivity contribution in [3.63, 3.8) is 0 Å². The van der Waals surface area contributed by atoms with Gasteiger partial charge in [0.25, 0.3) is 0 Å². The summed E-state index contributed by atoms with van der Waals surface area (Å²) in [6.45, 7) is 5.73. The smallest absolute Gasteiger partial charge is 0.316 e. The summed E-state index contributed by atoms with van der Waals surface area (Å²) in [5.41, 5.74) is 0. The van der Waals surface area contributed by atoms with Gasteiger partial charge in [-0.05, 0) is 26.3 Å². The molecule has 106 valence electrons. The Labute approximate surface area is 112 Å². The molecule has 0 bridgehead atoms. The molecule has 2 rings (SSSR count). The van der Waals surface area contributed by atoms with Gasteiger partial charge in [-0.1, -0.05) is 12.0 Å². The highest BCUT2D eigenvalue weighted by molar-refractivity contribution is 5.85. The molecule has 0 aromatic carbocycles. The highest BCUT2D eigenvalue weighted by atomic mass is 16.4. The van der Waals surface area contributed by atoms with E-state index in [2.05, 4.69) is 27.8 Å². The first-order valence-corrected chi connectivity index (χ1v) is 6.70. The van der Waals surface area contributed by atoms with Crippen LogP contribution in [0, 0.1) is 0 Å². The Kier molecular flexibility index (Phi) is 4.36. The second kappa shape index (κ2) is 6.01. The molecule has 2 atom stereocenters. The molecule has 19 heavy (non-hydrogen) atoms. The molecule has 0 aliphatic carbocycles. The van der Waals surface area contributed by atoms with Crippen molar-refractivity contribution in [1.82, 2.24) is 20.4 Å². The summed E-state index contributed by atoms with van der Waals surface area (Å²) in [6, 6.07) is 0.0796. The highest BCUT2D eigenvalue weighted by Gasteiger charge is 2.30. The van der Waals surface area contributed by atoms with E-state index in [1.165, 1.54) is 0 Å². The van der Waals surface area contributed by atoms with Gasteiger partial charge in [-0.2, -0.15) is 0 Å². The van der Waals surface area contributed by atoms with Crippen LogP contribution in [-0.4, -0.2) is 47.2 Å². The van der Waals surface area contributed by atoms with Crippen LogP contribution >= 0.6 is 0 Å². The Balaban J connectivity index is 1.92. The van der Waals surface area contributed by atoms with Gasteiger partial charge in [-0.15, -0.1) is 5.10 Å². The molecule has 1 aliphatic heterocycles. The number of nitrogens with zero attached hydrogens (tertiary/aromatic N) is 3. The van der Waals surface area contributed by atoms with E-state index >= 15 is 0 Å². The molecular weight excluding hydrogens is 246 g/mol. The van der Waals surface area contributed by atoms with Crippen LogP contribution in [-0.2, 0) is 4.79 Å². The van der Waals surface area contributed by atoms with E-state index < -0.39 is 0 Å². The predicted octanol–water partition coefficient (Wildman–Crippen LogP) is 0.773. The minimum atomic E-state index is -0.253. The fraction of sp³-hybridized carbons (Fsp3) is 0.750. The third kappa shape index (κ3) is 3.23. The number of carbonyl (C=O) groups is 1. The van der Waals surface area contributed by atoms with E-state index in [0.29, 0.717) is 11.9 Å². The lowest BCUT2D eigenvalue weighted by molar-refractivity contribution is -0.127. The lowest BCUT2D eigenvalue weighted by Gasteiger charge is -2.10. The Hall–Kier alpha value is -1.63. The molecule has 1 fully saturated rings. The van der Waals surface area contributed by atoms with Crippen molar-refractivity contribution in [1.29, 1.82) is 0 Å². The number of carbonyl (C=O) groups excluding carboxylic acids is 1. The molecule has 1 amide bonds. The molecule has 1 aliphatic rings. The van der Waals surface area contributed by atoms with Gasteiger partial charge in [0.15, 0.2) is 0 Å². The zero-order valence-electron chi connectivity index (χ0n) is 11.6. The van der Waals surface area contributed by atoms with Crippen molar-refractivity contribution in [3.05, 3.63) is 5.89 Å². The second-order valence-electron chi connectivity index (χ2n) is 4.87. The van der Waals surface area contributed by atoms with Gasteiger partial charge in [-0.25, -0.2) is 0 Å². The van der Waals surface area contributed by atoms with Gasteiger partial charge >= 0.3 is 6.01 Å². The van der Waals surface area contributed by atoms with Crippen LogP contribution in [0.1, 0.15) is 38.6 Å². The third-order valence-electron chi connectivity index (χ3n) is 3.24. The van der Waals surface area contributed by atoms with Crippen molar-refractivity contribution in [2.75, 3.05) is 25.5 Å². The summed E-state index contributed by atoms with van der Waals surface area (Å²) >= 11 is 0. The highest BCUT2D eigenvalue weighted by Crippen LogP contribution is 2.17. The predicted molar refractivity (Wildman–Crippen MR) is 70.7 cm³/mol. The molecule has 0 radical (unpaired) electrons. The first-order chi connectivity index (χ1) is 9.11. The molecule has 0 saturated carbocycles. The van der Waals surface area contributed by atoms with Crippen LogP contribution in [0.4, 0.5) is 6.01 Å². The Morgan fingerprint density at radius 2 is 2.32 bits per heavy atom. The molecule has 1 aromatic rings. The standard InChI is InChI=1S/C12H21N5O2/c1-4-6-13-8(2)10-15-16-12(19-10)14-9-5-7-17(3)11(9)18/h8-9,13H,4-7H2,1-3H3,(H,14,16). The minimum Gasteiger partial charge on any atom is -0.406 e. The molecule has 7 nitrogen and oxygen atoms in total. The fourth-order valence-electron chi connectivity index (χ4n) is 2.02. The van der Waals surface area contributed by atoms with Gasteiger partial charge in [-0.3, -0.25) is 4.79 Å². The van der Waals surface area contributed by atoms with E-state index in [-0.39, 0.29) is 18.0 Å². The number of anilines is 1. The zero-order chi connectivity index (χ0) is 13.8. The van der Waals surface area contributed by atoms with Gasteiger partial charge in [0, 0.05) is 13.6 Å². The van der Waals surface area contributed by atoms with E-state index in [4.69, 9.17) is 4.42 Å². The van der Waals surface area contributed by atoms with Crippen LogP contribution in [0.3, 0.4) is 0 Å². The van der Waals surface area contributed by atoms with Gasteiger partial charge in [0.1, 0.15) is 6.04 Å². The second-order valence-corrected chi connectivity index (χ2v) is 4.87. The number of amides is 1. The Morgan fingerprint density at radius 3 is 2.95 bits per heavy atom. The normalized spacial score (nSPS) is 20.9. The molecule has 2 N–H and O–H groups in total. The number of likely N-dealkylation sites (N-methyl/N-ethyl adjacent to an activating group) is 1. The molecule has 2 heterocycles. The topological polar surface area (TPSA) is 83.3 Å². The average molecular weight is 267 g/mol. The van der Waals surface area contributed by atoms with E-state index in [9.17, 15) is 4.79 Å². The monoisotopic (exact) mass is 267 g/mol.